The van der Waals surface area contributed by atoms with Crippen molar-refractivity contribution in [1.82, 2.24) is 0 Å². The van der Waals surface area contributed by atoms with Gasteiger partial charge in [-0.2, -0.15) is 0 Å². The van der Waals surface area contributed by atoms with Crippen LogP contribution in [0.25, 0.3) is 11.1 Å². The summed E-state index contributed by atoms with van der Waals surface area (Å²) in [5.74, 6) is 0.111. The van der Waals surface area contributed by atoms with Crippen molar-refractivity contribution >= 4 is 12.1 Å². The zero-order chi connectivity index (χ0) is 20.4. The molecule has 150 valence electrons. The van der Waals surface area contributed by atoms with E-state index in [1.54, 1.807) is 24.3 Å². The van der Waals surface area contributed by atoms with Crippen LogP contribution in [0.5, 0.6) is 5.75 Å². The molecule has 2 aromatic carbocycles. The van der Waals surface area contributed by atoms with E-state index in [2.05, 4.69) is 11.7 Å². The number of hydrogen-bond acceptors (Lipinski definition) is 5. The number of esters is 1. The van der Waals surface area contributed by atoms with Crippen LogP contribution < -0.4 is 4.74 Å². The summed E-state index contributed by atoms with van der Waals surface area (Å²) in [6.07, 6.45) is 4.73. The first kappa shape index (κ1) is 21.5. The molecule has 2 rings (SSSR count). The summed E-state index contributed by atoms with van der Waals surface area (Å²) in [5, 5.41) is 0. The largest absolute Gasteiger partial charge is 0.513 e. The minimum Gasteiger partial charge on any atom is -0.459 e. The number of hydrogen-bond donors (Lipinski definition) is 0. The van der Waals surface area contributed by atoms with Crippen LogP contribution in [-0.4, -0.2) is 25.3 Å². The van der Waals surface area contributed by atoms with E-state index in [0.29, 0.717) is 11.3 Å². The summed E-state index contributed by atoms with van der Waals surface area (Å²) in [4.78, 5) is 23.4. The molecular weight excluding hydrogens is 356 g/mol. The second-order valence-corrected chi connectivity index (χ2v) is 6.72. The molecular formula is C23H28O5. The Labute approximate surface area is 166 Å². The summed E-state index contributed by atoms with van der Waals surface area (Å²) >= 11 is 0. The van der Waals surface area contributed by atoms with Gasteiger partial charge in [-0.1, -0.05) is 50.5 Å². The molecule has 0 unspecified atom stereocenters. The van der Waals surface area contributed by atoms with Gasteiger partial charge in [0, 0.05) is 0 Å². The number of ether oxygens (including phenoxy) is 3. The molecule has 0 aliphatic rings. The lowest BCUT2D eigenvalue weighted by Gasteiger charge is -2.13. The fourth-order valence-corrected chi connectivity index (χ4v) is 2.82. The molecule has 1 atom stereocenters. The topological polar surface area (TPSA) is 61.8 Å². The third-order valence-corrected chi connectivity index (χ3v) is 4.45. The lowest BCUT2D eigenvalue weighted by molar-refractivity contribution is 0.0319. The van der Waals surface area contributed by atoms with Crippen LogP contribution in [0.3, 0.4) is 0 Å². The number of carbonyl (C=O) groups is 2. The van der Waals surface area contributed by atoms with E-state index in [9.17, 15) is 9.59 Å². The first-order chi connectivity index (χ1) is 13.5. The van der Waals surface area contributed by atoms with Crippen molar-refractivity contribution < 1.29 is 23.8 Å². The molecule has 0 aliphatic heterocycles. The Balaban J connectivity index is 1.91. The van der Waals surface area contributed by atoms with Crippen molar-refractivity contribution in [1.29, 1.82) is 0 Å². The maximum absolute atomic E-state index is 12.3. The Morgan fingerprint density at radius 2 is 1.50 bits per heavy atom. The van der Waals surface area contributed by atoms with Gasteiger partial charge in [0.15, 0.2) is 0 Å². The molecule has 5 nitrogen and oxygen atoms in total. The first-order valence-electron chi connectivity index (χ1n) is 9.70. The van der Waals surface area contributed by atoms with Gasteiger partial charge in [0.2, 0.25) is 0 Å². The van der Waals surface area contributed by atoms with Crippen molar-refractivity contribution in [2.24, 2.45) is 0 Å². The van der Waals surface area contributed by atoms with E-state index in [1.807, 2.05) is 31.2 Å². The van der Waals surface area contributed by atoms with E-state index in [-0.39, 0.29) is 12.1 Å². The normalized spacial score (nSPS) is 11.5. The predicted octanol–water partition coefficient (Wildman–Crippen LogP) is 6.01. The van der Waals surface area contributed by atoms with Gasteiger partial charge >= 0.3 is 12.1 Å². The molecule has 0 saturated heterocycles. The smallest absolute Gasteiger partial charge is 0.459 e. The Kier molecular flexibility index (Phi) is 8.53. The highest BCUT2D eigenvalue weighted by Crippen LogP contribution is 2.23. The number of rotatable bonds is 9. The highest BCUT2D eigenvalue weighted by Gasteiger charge is 2.12. The summed E-state index contributed by atoms with van der Waals surface area (Å²) < 4.78 is 14.9. The molecule has 0 spiro atoms. The maximum atomic E-state index is 12.3. The van der Waals surface area contributed by atoms with Gasteiger partial charge in [-0.05, 0) is 55.2 Å². The van der Waals surface area contributed by atoms with Crippen LogP contribution in [0.1, 0.15) is 56.3 Å². The number of methoxy groups -OCH3 is 1. The van der Waals surface area contributed by atoms with Crippen LogP contribution in [0.4, 0.5) is 4.79 Å². The molecule has 0 bridgehead atoms. The summed E-state index contributed by atoms with van der Waals surface area (Å²) in [6, 6.07) is 14.3. The third-order valence-electron chi connectivity index (χ3n) is 4.45. The monoisotopic (exact) mass is 384 g/mol. The van der Waals surface area contributed by atoms with Crippen molar-refractivity contribution in [3.8, 4) is 16.9 Å². The number of unbranched alkanes of at least 4 members (excludes halogenated alkanes) is 3. The van der Waals surface area contributed by atoms with Gasteiger partial charge in [-0.25, -0.2) is 9.59 Å². The zero-order valence-corrected chi connectivity index (χ0v) is 16.8. The minimum atomic E-state index is -0.754. The van der Waals surface area contributed by atoms with Crippen LogP contribution >= 0.6 is 0 Å². The summed E-state index contributed by atoms with van der Waals surface area (Å²) in [5.41, 5.74) is 2.44. The van der Waals surface area contributed by atoms with Crippen LogP contribution in [0.2, 0.25) is 0 Å². The van der Waals surface area contributed by atoms with Gasteiger partial charge < -0.3 is 14.2 Å². The summed E-state index contributed by atoms with van der Waals surface area (Å²) in [6.45, 7) is 4.12. The molecule has 0 aliphatic carbocycles. The fraction of sp³-hybridized carbons (Fsp3) is 0.391. The highest BCUT2D eigenvalue weighted by molar-refractivity contribution is 5.90. The van der Waals surface area contributed by atoms with Crippen molar-refractivity contribution in [2.75, 3.05) is 7.11 Å². The third kappa shape index (κ3) is 6.72. The van der Waals surface area contributed by atoms with Gasteiger partial charge in [-0.15, -0.1) is 0 Å². The Morgan fingerprint density at radius 1 is 0.893 bits per heavy atom. The van der Waals surface area contributed by atoms with Crippen molar-refractivity contribution in [3.63, 3.8) is 0 Å². The average Bonchev–Trinajstić information content (AvgIpc) is 2.72. The van der Waals surface area contributed by atoms with Crippen molar-refractivity contribution in [2.45, 2.75) is 52.1 Å². The average molecular weight is 384 g/mol. The fourth-order valence-electron chi connectivity index (χ4n) is 2.82. The molecule has 0 fully saturated rings. The lowest BCUT2D eigenvalue weighted by atomic mass is 10.0. The SMILES string of the molecule is CCCCCC[C@@H](C)OC(=O)c1ccc(-c2ccc(OC(=O)OC)cc2)cc1. The van der Waals surface area contributed by atoms with Gasteiger partial charge in [-0.3, -0.25) is 0 Å². The molecule has 0 amide bonds. The quantitative estimate of drug-likeness (QED) is 0.301. The molecule has 2 aromatic rings. The molecule has 0 N–H and O–H groups in total. The minimum absolute atomic E-state index is 0.0774. The molecule has 0 heterocycles. The molecule has 0 aromatic heterocycles. The van der Waals surface area contributed by atoms with E-state index < -0.39 is 6.16 Å². The van der Waals surface area contributed by atoms with Crippen molar-refractivity contribution in [3.05, 3.63) is 54.1 Å². The second kappa shape index (κ2) is 11.1. The second-order valence-electron chi connectivity index (χ2n) is 6.72. The van der Waals surface area contributed by atoms with Gasteiger partial charge in [0.25, 0.3) is 0 Å². The van der Waals surface area contributed by atoms with E-state index in [0.717, 1.165) is 24.0 Å². The number of carbonyl (C=O) groups excluding carboxylic acids is 2. The van der Waals surface area contributed by atoms with Crippen LogP contribution in [-0.2, 0) is 9.47 Å². The zero-order valence-electron chi connectivity index (χ0n) is 16.8. The van der Waals surface area contributed by atoms with E-state index >= 15 is 0 Å². The lowest BCUT2D eigenvalue weighted by Crippen LogP contribution is -2.15. The molecule has 28 heavy (non-hydrogen) atoms. The van der Waals surface area contributed by atoms with Gasteiger partial charge in [0.1, 0.15) is 5.75 Å². The van der Waals surface area contributed by atoms with Crippen LogP contribution in [0, 0.1) is 0 Å². The number of benzene rings is 2. The van der Waals surface area contributed by atoms with E-state index in [1.165, 1.54) is 26.4 Å². The first-order valence-corrected chi connectivity index (χ1v) is 9.70. The Morgan fingerprint density at radius 3 is 2.07 bits per heavy atom. The molecule has 0 saturated carbocycles. The summed E-state index contributed by atoms with van der Waals surface area (Å²) in [7, 11) is 1.26. The van der Waals surface area contributed by atoms with Gasteiger partial charge in [0.05, 0.1) is 18.8 Å². The standard InChI is InChI=1S/C23H28O5/c1-4-5-6-7-8-17(2)27-22(24)20-11-9-18(10-12-20)19-13-15-21(16-14-19)28-23(25)26-3/h9-17H,4-8H2,1-3H3/t17-/m1/s1. The predicted molar refractivity (Wildman–Crippen MR) is 109 cm³/mol. The highest BCUT2D eigenvalue weighted by atomic mass is 16.7. The van der Waals surface area contributed by atoms with Crippen LogP contribution in [0.15, 0.2) is 48.5 Å². The van der Waals surface area contributed by atoms with E-state index in [4.69, 9.17) is 9.47 Å². The molecule has 5 heteroatoms. The maximum Gasteiger partial charge on any atom is 0.513 e. The molecule has 0 radical (unpaired) electrons. The Bertz CT molecular complexity index is 750. The Hall–Kier alpha value is -2.82.